The van der Waals surface area contributed by atoms with Gasteiger partial charge in [-0.15, -0.1) is 0 Å². The van der Waals surface area contributed by atoms with Crippen LogP contribution < -0.4 is 5.32 Å². The molecule has 0 aromatic heterocycles. The van der Waals surface area contributed by atoms with E-state index < -0.39 is 5.97 Å². The number of hydrogen-bond donors (Lipinski definition) is 2. The van der Waals surface area contributed by atoms with Gasteiger partial charge in [0.05, 0.1) is 6.42 Å². The minimum atomic E-state index is -0.919. The van der Waals surface area contributed by atoms with Gasteiger partial charge in [-0.2, -0.15) is 0 Å². The molecule has 1 amide bonds. The Hall–Kier alpha value is -2.10. The lowest BCUT2D eigenvalue weighted by Gasteiger charge is -2.09. The van der Waals surface area contributed by atoms with E-state index in [1.54, 1.807) is 31.2 Å². The molecule has 0 atom stereocenters. The Kier molecular flexibility index (Phi) is 5.11. The van der Waals surface area contributed by atoms with Crippen LogP contribution in [0.4, 0.5) is 5.69 Å². The Labute approximate surface area is 106 Å². The number of rotatable bonds is 5. The molecule has 0 saturated carbocycles. The van der Waals surface area contributed by atoms with E-state index >= 15 is 0 Å². The number of para-hydroxylation sites is 1. The summed E-state index contributed by atoms with van der Waals surface area (Å²) >= 11 is 0. The normalized spacial score (nSPS) is 11.1. The van der Waals surface area contributed by atoms with E-state index in [2.05, 4.69) is 5.32 Å². The number of carbonyl (C=O) groups is 2. The van der Waals surface area contributed by atoms with Crippen molar-refractivity contribution in [1.82, 2.24) is 0 Å². The van der Waals surface area contributed by atoms with Crippen molar-refractivity contribution >= 4 is 17.6 Å². The summed E-state index contributed by atoms with van der Waals surface area (Å²) in [6.07, 6.45) is 2.51. The molecule has 0 aliphatic rings. The Bertz CT molecular complexity index is 478. The Morgan fingerprint density at radius 2 is 2.00 bits per heavy atom. The highest BCUT2D eigenvalue weighted by Crippen LogP contribution is 2.16. The molecule has 0 saturated heterocycles. The zero-order chi connectivity index (χ0) is 13.5. The largest absolute Gasteiger partial charge is 0.481 e. The van der Waals surface area contributed by atoms with E-state index in [9.17, 15) is 9.59 Å². The molecule has 0 bridgehead atoms. The first-order chi connectivity index (χ1) is 8.54. The number of benzene rings is 1. The van der Waals surface area contributed by atoms with Gasteiger partial charge in [0, 0.05) is 11.3 Å². The smallest absolute Gasteiger partial charge is 0.307 e. The fraction of sp³-hybridized carbons (Fsp3) is 0.286. The summed E-state index contributed by atoms with van der Waals surface area (Å²) in [6, 6.07) is 6.92. The predicted molar refractivity (Wildman–Crippen MR) is 70.5 cm³/mol. The van der Waals surface area contributed by atoms with Gasteiger partial charge < -0.3 is 10.4 Å². The van der Waals surface area contributed by atoms with E-state index in [0.29, 0.717) is 16.8 Å². The minimum absolute atomic E-state index is 0.104. The van der Waals surface area contributed by atoms with Gasteiger partial charge in [-0.3, -0.25) is 9.59 Å². The highest BCUT2D eigenvalue weighted by molar-refractivity contribution is 6.03. The topological polar surface area (TPSA) is 66.4 Å². The van der Waals surface area contributed by atoms with Crippen LogP contribution in [0.15, 0.2) is 35.9 Å². The molecule has 4 heteroatoms. The first-order valence-corrected chi connectivity index (χ1v) is 5.82. The predicted octanol–water partition coefficient (Wildman–Crippen LogP) is 2.61. The van der Waals surface area contributed by atoms with E-state index in [1.807, 2.05) is 13.0 Å². The molecule has 1 aromatic rings. The Morgan fingerprint density at radius 3 is 2.61 bits per heavy atom. The van der Waals surface area contributed by atoms with Crippen LogP contribution in [0.2, 0.25) is 0 Å². The Morgan fingerprint density at radius 1 is 1.33 bits per heavy atom. The molecule has 2 N–H and O–H groups in total. The van der Waals surface area contributed by atoms with Crippen molar-refractivity contribution in [2.75, 3.05) is 5.32 Å². The fourth-order valence-electron chi connectivity index (χ4n) is 1.58. The van der Waals surface area contributed by atoms with E-state index in [1.165, 1.54) is 0 Å². The number of hydrogen-bond acceptors (Lipinski definition) is 2. The van der Waals surface area contributed by atoms with Crippen molar-refractivity contribution in [3.05, 3.63) is 41.5 Å². The molecular formula is C14H17NO3. The van der Waals surface area contributed by atoms with E-state index in [0.717, 1.165) is 6.42 Å². The summed E-state index contributed by atoms with van der Waals surface area (Å²) in [7, 11) is 0. The lowest BCUT2D eigenvalue weighted by atomic mass is 10.1. The lowest BCUT2D eigenvalue weighted by Crippen LogP contribution is -2.15. The number of carbonyl (C=O) groups excluding carboxylic acids is 1. The third kappa shape index (κ3) is 4.05. The quantitative estimate of drug-likeness (QED) is 0.786. The SMILES string of the molecule is CCC=C(C)C(=O)Nc1ccccc1CC(=O)O. The van der Waals surface area contributed by atoms with Crippen molar-refractivity contribution < 1.29 is 14.7 Å². The highest BCUT2D eigenvalue weighted by atomic mass is 16.4. The third-order valence-electron chi connectivity index (χ3n) is 2.48. The van der Waals surface area contributed by atoms with Crippen molar-refractivity contribution in [2.45, 2.75) is 26.7 Å². The van der Waals surface area contributed by atoms with Gasteiger partial charge in [0.2, 0.25) is 0 Å². The maximum Gasteiger partial charge on any atom is 0.307 e. The summed E-state index contributed by atoms with van der Waals surface area (Å²) in [5, 5.41) is 11.5. The van der Waals surface area contributed by atoms with Gasteiger partial charge >= 0.3 is 5.97 Å². The summed E-state index contributed by atoms with van der Waals surface area (Å²) in [6.45, 7) is 3.69. The lowest BCUT2D eigenvalue weighted by molar-refractivity contribution is -0.136. The number of amides is 1. The summed E-state index contributed by atoms with van der Waals surface area (Å²) in [5.74, 6) is -1.12. The van der Waals surface area contributed by atoms with Crippen LogP contribution in [-0.4, -0.2) is 17.0 Å². The number of anilines is 1. The molecule has 1 aromatic carbocycles. The average molecular weight is 247 g/mol. The molecule has 0 aliphatic heterocycles. The standard InChI is InChI=1S/C14H17NO3/c1-3-6-10(2)14(18)15-12-8-5-4-7-11(12)9-13(16)17/h4-8H,3,9H2,1-2H3,(H,15,18)(H,16,17). The molecular weight excluding hydrogens is 230 g/mol. The molecule has 0 spiro atoms. The van der Waals surface area contributed by atoms with E-state index in [-0.39, 0.29) is 12.3 Å². The number of allylic oxidation sites excluding steroid dienone is 1. The average Bonchev–Trinajstić information content (AvgIpc) is 2.31. The number of carboxylic acids is 1. The molecule has 96 valence electrons. The van der Waals surface area contributed by atoms with Crippen molar-refractivity contribution in [2.24, 2.45) is 0 Å². The monoisotopic (exact) mass is 247 g/mol. The summed E-state index contributed by atoms with van der Waals surface area (Å²) in [5.41, 5.74) is 1.78. The number of carboxylic acid groups (broad SMARTS) is 1. The van der Waals surface area contributed by atoms with Gasteiger partial charge in [0.25, 0.3) is 5.91 Å². The van der Waals surface area contributed by atoms with Crippen LogP contribution in [0.5, 0.6) is 0 Å². The Balaban J connectivity index is 2.87. The van der Waals surface area contributed by atoms with Gasteiger partial charge in [-0.25, -0.2) is 0 Å². The van der Waals surface area contributed by atoms with Gasteiger partial charge in [-0.05, 0) is 25.0 Å². The van der Waals surface area contributed by atoms with Crippen molar-refractivity contribution in [1.29, 1.82) is 0 Å². The molecule has 4 nitrogen and oxygen atoms in total. The van der Waals surface area contributed by atoms with Crippen molar-refractivity contribution in [3.8, 4) is 0 Å². The van der Waals surface area contributed by atoms with Gasteiger partial charge in [-0.1, -0.05) is 31.2 Å². The second-order valence-electron chi connectivity index (χ2n) is 3.98. The first-order valence-electron chi connectivity index (χ1n) is 5.82. The zero-order valence-electron chi connectivity index (χ0n) is 10.6. The van der Waals surface area contributed by atoms with Crippen LogP contribution >= 0.6 is 0 Å². The zero-order valence-corrected chi connectivity index (χ0v) is 10.6. The molecule has 1 rings (SSSR count). The first kappa shape index (κ1) is 14.0. The third-order valence-corrected chi connectivity index (χ3v) is 2.48. The second-order valence-corrected chi connectivity index (χ2v) is 3.98. The van der Waals surface area contributed by atoms with Gasteiger partial charge in [0.1, 0.15) is 0 Å². The van der Waals surface area contributed by atoms with Crippen LogP contribution in [0.3, 0.4) is 0 Å². The number of nitrogens with one attached hydrogen (secondary N) is 1. The minimum Gasteiger partial charge on any atom is -0.481 e. The summed E-state index contributed by atoms with van der Waals surface area (Å²) < 4.78 is 0. The maximum absolute atomic E-state index is 11.8. The highest BCUT2D eigenvalue weighted by Gasteiger charge is 2.09. The molecule has 0 fully saturated rings. The summed E-state index contributed by atoms with van der Waals surface area (Å²) in [4.78, 5) is 22.5. The van der Waals surface area contributed by atoms with Crippen LogP contribution in [0, 0.1) is 0 Å². The van der Waals surface area contributed by atoms with E-state index in [4.69, 9.17) is 5.11 Å². The fourth-order valence-corrected chi connectivity index (χ4v) is 1.58. The molecule has 18 heavy (non-hydrogen) atoms. The second kappa shape index (κ2) is 6.59. The van der Waals surface area contributed by atoms with Crippen molar-refractivity contribution in [3.63, 3.8) is 0 Å². The molecule has 0 radical (unpaired) electrons. The molecule has 0 heterocycles. The molecule has 0 unspecified atom stereocenters. The maximum atomic E-state index is 11.8. The molecule has 0 aliphatic carbocycles. The number of aliphatic carboxylic acids is 1. The van der Waals surface area contributed by atoms with Crippen LogP contribution in [0.1, 0.15) is 25.8 Å². The van der Waals surface area contributed by atoms with Crippen LogP contribution in [-0.2, 0) is 16.0 Å². The van der Waals surface area contributed by atoms with Gasteiger partial charge in [0.15, 0.2) is 0 Å². The van der Waals surface area contributed by atoms with Crippen LogP contribution in [0.25, 0.3) is 0 Å².